The molecule has 0 radical (unpaired) electrons. The molecular formula is C8H6BrF2N3. The van der Waals surface area contributed by atoms with Crippen LogP contribution in [0.25, 0.3) is 0 Å². The van der Waals surface area contributed by atoms with Crippen LogP contribution in [0.5, 0.6) is 0 Å². The van der Waals surface area contributed by atoms with E-state index in [4.69, 9.17) is 11.0 Å². The third-order valence-corrected chi connectivity index (χ3v) is 2.29. The molecule has 0 unspecified atom stereocenters. The van der Waals surface area contributed by atoms with Gasteiger partial charge in [0.05, 0.1) is 5.56 Å². The zero-order valence-corrected chi connectivity index (χ0v) is 8.55. The Morgan fingerprint density at radius 3 is 2.71 bits per heavy atom. The van der Waals surface area contributed by atoms with Gasteiger partial charge in [-0.25, -0.2) is 13.8 Å². The van der Waals surface area contributed by atoms with Crippen LogP contribution in [0.3, 0.4) is 0 Å². The van der Waals surface area contributed by atoms with Gasteiger partial charge in [-0.1, -0.05) is 15.9 Å². The molecule has 2 N–H and O–H groups in total. The summed E-state index contributed by atoms with van der Waals surface area (Å²) in [6.45, 7) is 0. The van der Waals surface area contributed by atoms with Crippen LogP contribution in [0.1, 0.15) is 23.1 Å². The second-order valence-corrected chi connectivity index (χ2v) is 3.06. The largest absolute Gasteiger partial charge is 0.383 e. The van der Waals surface area contributed by atoms with Gasteiger partial charge in [-0.05, 0) is 5.56 Å². The molecule has 0 spiro atoms. The van der Waals surface area contributed by atoms with Gasteiger partial charge in [0.2, 0.25) is 0 Å². The third-order valence-electron chi connectivity index (χ3n) is 1.73. The Morgan fingerprint density at radius 1 is 1.64 bits per heavy atom. The van der Waals surface area contributed by atoms with Crippen LogP contribution in [-0.2, 0) is 5.33 Å². The van der Waals surface area contributed by atoms with E-state index in [-0.39, 0.29) is 27.8 Å². The molecule has 0 amide bonds. The van der Waals surface area contributed by atoms with Gasteiger partial charge < -0.3 is 5.73 Å². The minimum atomic E-state index is -2.65. The average molecular weight is 262 g/mol. The lowest BCUT2D eigenvalue weighted by Crippen LogP contribution is -2.03. The number of hydrogen-bond donors (Lipinski definition) is 1. The molecule has 3 nitrogen and oxygen atoms in total. The van der Waals surface area contributed by atoms with Crippen molar-refractivity contribution < 1.29 is 8.78 Å². The number of anilines is 1. The fourth-order valence-corrected chi connectivity index (χ4v) is 1.64. The number of alkyl halides is 3. The summed E-state index contributed by atoms with van der Waals surface area (Å²) in [6, 6.07) is 1.76. The summed E-state index contributed by atoms with van der Waals surface area (Å²) >= 11 is 3.03. The first-order valence-electron chi connectivity index (χ1n) is 3.63. The smallest absolute Gasteiger partial charge is 0.265 e. The van der Waals surface area contributed by atoms with Crippen LogP contribution in [-0.4, -0.2) is 4.98 Å². The minimum Gasteiger partial charge on any atom is -0.383 e. The maximum absolute atomic E-state index is 12.5. The van der Waals surface area contributed by atoms with Gasteiger partial charge in [0.15, 0.2) is 0 Å². The molecular weight excluding hydrogens is 256 g/mol. The molecule has 14 heavy (non-hydrogen) atoms. The molecule has 1 aromatic rings. The van der Waals surface area contributed by atoms with E-state index < -0.39 is 6.43 Å². The highest BCUT2D eigenvalue weighted by Crippen LogP contribution is 2.28. The number of nitrogen functional groups attached to an aromatic ring is 1. The Bertz CT molecular complexity index is 387. The highest BCUT2D eigenvalue weighted by molar-refractivity contribution is 9.08. The molecule has 0 aliphatic heterocycles. The van der Waals surface area contributed by atoms with E-state index in [0.717, 1.165) is 6.20 Å². The molecule has 1 aromatic heterocycles. The summed E-state index contributed by atoms with van der Waals surface area (Å²) in [5.74, 6) is -0.0219. The van der Waals surface area contributed by atoms with Crippen molar-refractivity contribution in [1.29, 1.82) is 5.26 Å². The zero-order valence-electron chi connectivity index (χ0n) is 6.97. The van der Waals surface area contributed by atoms with Crippen molar-refractivity contribution in [1.82, 2.24) is 4.98 Å². The lowest BCUT2D eigenvalue weighted by molar-refractivity contribution is 0.150. The fourth-order valence-electron chi connectivity index (χ4n) is 1.04. The maximum Gasteiger partial charge on any atom is 0.265 e. The van der Waals surface area contributed by atoms with Gasteiger partial charge in [0.1, 0.15) is 11.9 Å². The highest BCUT2D eigenvalue weighted by atomic mass is 79.9. The number of pyridine rings is 1. The Morgan fingerprint density at radius 2 is 2.29 bits per heavy atom. The van der Waals surface area contributed by atoms with E-state index >= 15 is 0 Å². The quantitative estimate of drug-likeness (QED) is 0.832. The summed E-state index contributed by atoms with van der Waals surface area (Å²) in [5, 5.41) is 8.86. The van der Waals surface area contributed by atoms with Crippen molar-refractivity contribution in [2.24, 2.45) is 0 Å². The Labute approximate surface area is 87.7 Å². The summed E-state index contributed by atoms with van der Waals surface area (Å²) in [6.07, 6.45) is -1.65. The molecule has 0 fully saturated rings. The summed E-state index contributed by atoms with van der Waals surface area (Å²) in [4.78, 5) is 3.53. The molecule has 0 aliphatic carbocycles. The van der Waals surface area contributed by atoms with E-state index in [1.165, 1.54) is 0 Å². The Hall–Kier alpha value is -1.22. The van der Waals surface area contributed by atoms with Crippen molar-refractivity contribution >= 4 is 21.7 Å². The number of rotatable bonds is 2. The number of hydrogen-bond acceptors (Lipinski definition) is 3. The lowest BCUT2D eigenvalue weighted by Gasteiger charge is -2.08. The van der Waals surface area contributed by atoms with E-state index in [0.29, 0.717) is 0 Å². The predicted molar refractivity (Wildman–Crippen MR) is 51.0 cm³/mol. The summed E-state index contributed by atoms with van der Waals surface area (Å²) in [5.41, 5.74) is 5.34. The highest BCUT2D eigenvalue weighted by Gasteiger charge is 2.18. The summed E-state index contributed by atoms with van der Waals surface area (Å²) < 4.78 is 24.9. The van der Waals surface area contributed by atoms with E-state index in [9.17, 15) is 8.78 Å². The van der Waals surface area contributed by atoms with E-state index in [2.05, 4.69) is 20.9 Å². The summed E-state index contributed by atoms with van der Waals surface area (Å²) in [7, 11) is 0. The monoisotopic (exact) mass is 261 g/mol. The Kier molecular flexibility index (Phi) is 3.36. The predicted octanol–water partition coefficient (Wildman–Crippen LogP) is 2.37. The van der Waals surface area contributed by atoms with E-state index in [1.807, 2.05) is 0 Å². The van der Waals surface area contributed by atoms with Crippen LogP contribution in [0.2, 0.25) is 0 Å². The van der Waals surface area contributed by atoms with E-state index in [1.54, 1.807) is 6.07 Å². The van der Waals surface area contributed by atoms with Gasteiger partial charge in [-0.3, -0.25) is 0 Å². The minimum absolute atomic E-state index is 0.0136. The van der Waals surface area contributed by atoms with Gasteiger partial charge >= 0.3 is 0 Å². The number of nitrogens with two attached hydrogens (primary N) is 1. The molecule has 0 aromatic carbocycles. The number of aromatic nitrogens is 1. The first-order valence-corrected chi connectivity index (χ1v) is 4.75. The van der Waals surface area contributed by atoms with Gasteiger partial charge in [-0.2, -0.15) is 5.26 Å². The zero-order chi connectivity index (χ0) is 10.7. The second-order valence-electron chi connectivity index (χ2n) is 2.50. The molecule has 74 valence electrons. The van der Waals surface area contributed by atoms with Crippen molar-refractivity contribution in [2.75, 3.05) is 5.73 Å². The van der Waals surface area contributed by atoms with Crippen molar-refractivity contribution in [3.05, 3.63) is 22.9 Å². The molecule has 0 bridgehead atoms. The van der Waals surface area contributed by atoms with Crippen LogP contribution in [0, 0.1) is 11.3 Å². The second kappa shape index (κ2) is 4.33. The number of nitrogens with zero attached hydrogens (tertiary/aromatic N) is 2. The van der Waals surface area contributed by atoms with Crippen LogP contribution in [0.15, 0.2) is 6.20 Å². The van der Waals surface area contributed by atoms with Crippen molar-refractivity contribution in [2.45, 2.75) is 11.8 Å². The van der Waals surface area contributed by atoms with Crippen LogP contribution < -0.4 is 5.73 Å². The standard InChI is InChI=1S/C8H6BrF2N3/c9-1-4-5(2-12)8(13)14-3-6(4)7(10)11/h3,7H,1H2,(H2,13,14). The van der Waals surface area contributed by atoms with Gasteiger partial charge in [0.25, 0.3) is 6.43 Å². The fraction of sp³-hybridized carbons (Fsp3) is 0.250. The van der Waals surface area contributed by atoms with Crippen LogP contribution in [0.4, 0.5) is 14.6 Å². The number of nitriles is 1. The van der Waals surface area contributed by atoms with Gasteiger partial charge in [-0.15, -0.1) is 0 Å². The number of halogens is 3. The lowest BCUT2D eigenvalue weighted by atomic mass is 10.1. The van der Waals surface area contributed by atoms with Crippen molar-refractivity contribution in [3.63, 3.8) is 0 Å². The topological polar surface area (TPSA) is 62.7 Å². The molecule has 0 saturated heterocycles. The first kappa shape index (κ1) is 10.9. The molecule has 6 heteroatoms. The maximum atomic E-state index is 12.5. The SMILES string of the molecule is N#Cc1c(N)ncc(C(F)F)c1CBr. The van der Waals surface area contributed by atoms with Gasteiger partial charge in [0, 0.05) is 17.1 Å². The molecule has 1 rings (SSSR count). The molecule has 0 atom stereocenters. The molecule has 0 aliphatic rings. The van der Waals surface area contributed by atoms with Crippen molar-refractivity contribution in [3.8, 4) is 6.07 Å². The van der Waals surface area contributed by atoms with Crippen LogP contribution >= 0.6 is 15.9 Å². The molecule has 1 heterocycles. The molecule has 0 saturated carbocycles. The first-order chi connectivity index (χ1) is 6.61. The Balaban J connectivity index is 3.42. The average Bonchev–Trinajstić information content (AvgIpc) is 2.16. The normalized spacial score (nSPS) is 10.2. The third kappa shape index (κ3) is 1.82.